The Morgan fingerprint density at radius 3 is 2.85 bits per heavy atom. The van der Waals surface area contributed by atoms with Crippen LogP contribution in [0.5, 0.6) is 0 Å². The fourth-order valence-corrected chi connectivity index (χ4v) is 2.81. The zero-order valence-corrected chi connectivity index (χ0v) is 13.1. The van der Waals surface area contributed by atoms with Crippen LogP contribution in [-0.4, -0.2) is 36.6 Å². The lowest BCUT2D eigenvalue weighted by Gasteiger charge is -2.16. The zero-order chi connectivity index (χ0) is 14.2. The fourth-order valence-electron chi connectivity index (χ4n) is 2.10. The molecule has 0 bridgehead atoms. The summed E-state index contributed by atoms with van der Waals surface area (Å²) in [4.78, 5) is 8.29. The van der Waals surface area contributed by atoms with Crippen LogP contribution in [0.3, 0.4) is 0 Å². The third kappa shape index (κ3) is 5.41. The van der Waals surface area contributed by atoms with E-state index in [4.69, 9.17) is 0 Å². The van der Waals surface area contributed by atoms with Gasteiger partial charge >= 0.3 is 0 Å². The number of likely N-dealkylation sites (N-methyl/N-ethyl adjacent to an activating group) is 1. The molecule has 0 aromatic carbocycles. The number of aromatic nitrogens is 1. The molecule has 108 valence electrons. The first-order valence-corrected chi connectivity index (χ1v) is 7.96. The predicted octanol–water partition coefficient (Wildman–Crippen LogP) is 2.72. The Morgan fingerprint density at radius 2 is 2.10 bits per heavy atom. The van der Waals surface area contributed by atoms with E-state index in [1.165, 1.54) is 4.88 Å². The van der Waals surface area contributed by atoms with Gasteiger partial charge in [0.1, 0.15) is 0 Å². The zero-order valence-electron chi connectivity index (χ0n) is 12.3. The van der Waals surface area contributed by atoms with Crippen LogP contribution < -0.4 is 5.32 Å². The van der Waals surface area contributed by atoms with Crippen LogP contribution in [0.4, 0.5) is 0 Å². The number of hydrogen-bond donors (Lipinski definition) is 1. The minimum absolute atomic E-state index is 0.911. The van der Waals surface area contributed by atoms with Crippen molar-refractivity contribution in [2.45, 2.75) is 19.9 Å². The first-order chi connectivity index (χ1) is 9.74. The second-order valence-electron chi connectivity index (χ2n) is 5.09. The van der Waals surface area contributed by atoms with Gasteiger partial charge in [0.25, 0.3) is 0 Å². The third-order valence-electron chi connectivity index (χ3n) is 3.18. The Bertz CT molecular complexity index is 496. The second-order valence-corrected chi connectivity index (χ2v) is 6.12. The Labute approximate surface area is 125 Å². The molecule has 0 unspecified atom stereocenters. The number of aryl methyl sites for hydroxylation is 1. The summed E-state index contributed by atoms with van der Waals surface area (Å²) < 4.78 is 0. The summed E-state index contributed by atoms with van der Waals surface area (Å²) in [5.41, 5.74) is 2.23. The van der Waals surface area contributed by atoms with E-state index in [-0.39, 0.29) is 0 Å². The molecule has 0 aliphatic carbocycles. The molecule has 2 aromatic rings. The van der Waals surface area contributed by atoms with Crippen LogP contribution in [-0.2, 0) is 13.0 Å². The van der Waals surface area contributed by atoms with Gasteiger partial charge in [0.15, 0.2) is 0 Å². The Kier molecular flexibility index (Phi) is 6.18. The second kappa shape index (κ2) is 8.15. The van der Waals surface area contributed by atoms with Crippen molar-refractivity contribution in [3.05, 3.63) is 52.0 Å². The highest BCUT2D eigenvalue weighted by Crippen LogP contribution is 2.08. The summed E-state index contributed by atoms with van der Waals surface area (Å²) in [5, 5.41) is 5.63. The van der Waals surface area contributed by atoms with Crippen molar-refractivity contribution in [1.82, 2.24) is 15.2 Å². The molecular formula is C16H23N3S. The van der Waals surface area contributed by atoms with Crippen molar-refractivity contribution < 1.29 is 0 Å². The summed E-state index contributed by atoms with van der Waals surface area (Å²) in [6.45, 7) is 6.06. The van der Waals surface area contributed by atoms with E-state index in [1.54, 1.807) is 0 Å². The molecule has 2 rings (SSSR count). The molecule has 0 radical (unpaired) electrons. The van der Waals surface area contributed by atoms with Gasteiger partial charge in [-0.2, -0.15) is 0 Å². The first-order valence-electron chi connectivity index (χ1n) is 7.08. The van der Waals surface area contributed by atoms with E-state index < -0.39 is 0 Å². The van der Waals surface area contributed by atoms with Gasteiger partial charge < -0.3 is 5.32 Å². The molecule has 0 saturated heterocycles. The SMILES string of the molecule is Cc1cccc(CN(C)CCNCCc2cccs2)n1. The standard InChI is InChI=1S/C16H23N3S/c1-14-5-3-6-15(18-14)13-19(2)11-10-17-9-8-16-7-4-12-20-16/h3-7,12,17H,8-11,13H2,1-2H3. The van der Waals surface area contributed by atoms with Gasteiger partial charge in [-0.15, -0.1) is 11.3 Å². The van der Waals surface area contributed by atoms with Gasteiger partial charge in [-0.3, -0.25) is 9.88 Å². The van der Waals surface area contributed by atoms with Crippen molar-refractivity contribution >= 4 is 11.3 Å². The van der Waals surface area contributed by atoms with Crippen molar-refractivity contribution in [1.29, 1.82) is 0 Å². The van der Waals surface area contributed by atoms with E-state index in [1.807, 2.05) is 24.3 Å². The summed E-state index contributed by atoms with van der Waals surface area (Å²) in [6, 6.07) is 10.5. The highest BCUT2D eigenvalue weighted by molar-refractivity contribution is 7.09. The monoisotopic (exact) mass is 289 g/mol. The van der Waals surface area contributed by atoms with Crippen LogP contribution in [0.1, 0.15) is 16.3 Å². The lowest BCUT2D eigenvalue weighted by Crippen LogP contribution is -2.30. The van der Waals surface area contributed by atoms with Gasteiger partial charge in [-0.1, -0.05) is 12.1 Å². The van der Waals surface area contributed by atoms with E-state index in [0.29, 0.717) is 0 Å². The van der Waals surface area contributed by atoms with Crippen LogP contribution in [0, 0.1) is 6.92 Å². The Balaban J connectivity index is 1.59. The van der Waals surface area contributed by atoms with Crippen molar-refractivity contribution in [3.8, 4) is 0 Å². The van der Waals surface area contributed by atoms with E-state index in [9.17, 15) is 0 Å². The molecule has 1 N–H and O–H groups in total. The van der Waals surface area contributed by atoms with Crippen LogP contribution in [0.2, 0.25) is 0 Å². The largest absolute Gasteiger partial charge is 0.315 e. The van der Waals surface area contributed by atoms with E-state index in [0.717, 1.165) is 44.0 Å². The maximum Gasteiger partial charge on any atom is 0.0547 e. The smallest absolute Gasteiger partial charge is 0.0547 e. The molecular weight excluding hydrogens is 266 g/mol. The van der Waals surface area contributed by atoms with Crippen molar-refractivity contribution in [2.24, 2.45) is 0 Å². The minimum atomic E-state index is 0.911. The van der Waals surface area contributed by atoms with Crippen LogP contribution in [0.25, 0.3) is 0 Å². The number of nitrogens with one attached hydrogen (secondary N) is 1. The van der Waals surface area contributed by atoms with E-state index in [2.05, 4.69) is 51.9 Å². The number of hydrogen-bond acceptors (Lipinski definition) is 4. The molecule has 0 aliphatic heterocycles. The quantitative estimate of drug-likeness (QED) is 0.757. The number of nitrogens with zero attached hydrogens (tertiary/aromatic N) is 2. The van der Waals surface area contributed by atoms with Gasteiger partial charge in [0, 0.05) is 36.8 Å². The highest BCUT2D eigenvalue weighted by Gasteiger charge is 2.01. The fraction of sp³-hybridized carbons (Fsp3) is 0.438. The topological polar surface area (TPSA) is 28.2 Å². The lowest BCUT2D eigenvalue weighted by molar-refractivity contribution is 0.321. The van der Waals surface area contributed by atoms with Crippen molar-refractivity contribution in [3.63, 3.8) is 0 Å². The molecule has 0 spiro atoms. The lowest BCUT2D eigenvalue weighted by atomic mass is 10.3. The maximum absolute atomic E-state index is 4.53. The number of thiophene rings is 1. The Morgan fingerprint density at radius 1 is 1.20 bits per heavy atom. The summed E-state index contributed by atoms with van der Waals surface area (Å²) >= 11 is 1.83. The average molecular weight is 289 g/mol. The number of pyridine rings is 1. The molecule has 2 heterocycles. The van der Waals surface area contributed by atoms with Gasteiger partial charge in [-0.25, -0.2) is 0 Å². The molecule has 20 heavy (non-hydrogen) atoms. The molecule has 0 aliphatic rings. The summed E-state index contributed by atoms with van der Waals surface area (Å²) in [7, 11) is 2.14. The molecule has 3 nitrogen and oxygen atoms in total. The van der Waals surface area contributed by atoms with Gasteiger partial charge in [-0.05, 0) is 44.0 Å². The normalized spacial score (nSPS) is 11.2. The minimum Gasteiger partial charge on any atom is -0.315 e. The molecule has 0 amide bonds. The summed E-state index contributed by atoms with van der Waals surface area (Å²) in [6.07, 6.45) is 1.13. The van der Waals surface area contributed by atoms with Crippen molar-refractivity contribution in [2.75, 3.05) is 26.7 Å². The van der Waals surface area contributed by atoms with Crippen LogP contribution >= 0.6 is 11.3 Å². The molecule has 0 atom stereocenters. The van der Waals surface area contributed by atoms with E-state index >= 15 is 0 Å². The Hall–Kier alpha value is -1.23. The van der Waals surface area contributed by atoms with Gasteiger partial charge in [0.2, 0.25) is 0 Å². The molecule has 2 aromatic heterocycles. The highest BCUT2D eigenvalue weighted by atomic mass is 32.1. The average Bonchev–Trinajstić information content (AvgIpc) is 2.91. The molecule has 0 saturated carbocycles. The summed E-state index contributed by atoms with van der Waals surface area (Å²) in [5.74, 6) is 0. The number of rotatable bonds is 8. The molecule has 0 fully saturated rings. The third-order valence-corrected chi connectivity index (χ3v) is 4.11. The van der Waals surface area contributed by atoms with Gasteiger partial charge in [0.05, 0.1) is 5.69 Å². The maximum atomic E-state index is 4.53. The predicted molar refractivity (Wildman–Crippen MR) is 86.2 cm³/mol. The molecule has 4 heteroatoms. The van der Waals surface area contributed by atoms with Crippen LogP contribution in [0.15, 0.2) is 35.7 Å². The first kappa shape index (κ1) is 15.2.